The maximum absolute atomic E-state index is 13.5. The van der Waals surface area contributed by atoms with Crippen molar-refractivity contribution in [3.63, 3.8) is 0 Å². The minimum Gasteiger partial charge on any atom is -0.497 e. The molecule has 0 spiro atoms. The van der Waals surface area contributed by atoms with E-state index in [2.05, 4.69) is 4.98 Å². The number of pyridine rings is 1. The molecule has 0 saturated heterocycles. The van der Waals surface area contributed by atoms with Gasteiger partial charge in [-0.25, -0.2) is 0 Å². The Morgan fingerprint density at radius 1 is 1.03 bits per heavy atom. The average Bonchev–Trinajstić information content (AvgIpc) is 3.43. The Kier molecular flexibility index (Phi) is 5.00. The van der Waals surface area contributed by atoms with Crippen molar-refractivity contribution in [1.29, 1.82) is 0 Å². The molecule has 2 aromatic heterocycles. The Bertz CT molecular complexity index is 1960. The number of Topliss-reactive ketones (excluding diaryl/α,β-unsaturated/α-hetero) is 1. The predicted octanol–water partition coefficient (Wildman–Crippen LogP) is 5.09. The molecular formula is C31H22N2O6. The van der Waals surface area contributed by atoms with E-state index in [-0.39, 0.29) is 29.3 Å². The molecule has 1 atom stereocenters. The quantitative estimate of drug-likeness (QED) is 0.203. The van der Waals surface area contributed by atoms with E-state index in [1.54, 1.807) is 43.5 Å². The van der Waals surface area contributed by atoms with Gasteiger partial charge in [0.25, 0.3) is 5.56 Å². The van der Waals surface area contributed by atoms with Gasteiger partial charge in [0.05, 0.1) is 24.6 Å². The summed E-state index contributed by atoms with van der Waals surface area (Å²) in [5, 5.41) is 1.78. The van der Waals surface area contributed by atoms with Crippen molar-refractivity contribution in [3.05, 3.63) is 105 Å². The Balaban J connectivity index is 1.36. The fraction of sp³-hybridized carbons (Fsp3) is 0.129. The van der Waals surface area contributed by atoms with Crippen LogP contribution in [-0.2, 0) is 11.8 Å². The number of methoxy groups -OCH3 is 1. The van der Waals surface area contributed by atoms with Crippen LogP contribution in [0.4, 0.5) is 0 Å². The summed E-state index contributed by atoms with van der Waals surface area (Å²) < 4.78 is 19.0. The van der Waals surface area contributed by atoms with Crippen LogP contribution in [0.25, 0.3) is 27.9 Å². The molecule has 0 fully saturated rings. The molecule has 0 aliphatic carbocycles. The molecule has 0 bridgehead atoms. The number of ketones is 1. The van der Waals surface area contributed by atoms with Gasteiger partial charge in [0, 0.05) is 52.8 Å². The van der Waals surface area contributed by atoms with Crippen molar-refractivity contribution >= 4 is 39.6 Å². The molecule has 192 valence electrons. The highest BCUT2D eigenvalue weighted by Gasteiger charge is 2.39. The minimum absolute atomic E-state index is 0.0614. The average molecular weight is 519 g/mol. The molecule has 4 heterocycles. The minimum atomic E-state index is -0.656. The SMILES string of the molecule is COc1ccc2cc([C@H]3CC(=O)Oc4ccc5c(c43)O/C(=C\c3cn(C)c4ccccc34)C5=O)c(=O)[nH]c2c1. The van der Waals surface area contributed by atoms with Gasteiger partial charge in [-0.05, 0) is 47.9 Å². The number of para-hydroxylation sites is 1. The van der Waals surface area contributed by atoms with E-state index in [4.69, 9.17) is 14.2 Å². The van der Waals surface area contributed by atoms with Crippen molar-refractivity contribution in [2.75, 3.05) is 7.11 Å². The molecular weight excluding hydrogens is 496 g/mol. The number of aromatic nitrogens is 2. The summed E-state index contributed by atoms with van der Waals surface area (Å²) in [4.78, 5) is 42.2. The molecule has 2 aliphatic rings. The van der Waals surface area contributed by atoms with Gasteiger partial charge in [0.2, 0.25) is 5.78 Å². The Hall–Kier alpha value is -5.11. The summed E-state index contributed by atoms with van der Waals surface area (Å²) in [6.45, 7) is 0. The van der Waals surface area contributed by atoms with Crippen molar-refractivity contribution < 1.29 is 23.8 Å². The van der Waals surface area contributed by atoms with Crippen LogP contribution in [0.5, 0.6) is 17.2 Å². The normalized spacial score (nSPS) is 17.3. The van der Waals surface area contributed by atoms with Gasteiger partial charge in [0.15, 0.2) is 5.76 Å². The van der Waals surface area contributed by atoms with Crippen LogP contribution in [0.2, 0.25) is 0 Å². The second kappa shape index (κ2) is 8.46. The molecule has 0 radical (unpaired) electrons. The number of carbonyl (C=O) groups excluding carboxylic acids is 2. The lowest BCUT2D eigenvalue weighted by Gasteiger charge is -2.26. The lowest BCUT2D eigenvalue weighted by molar-refractivity contribution is -0.135. The molecule has 3 aromatic carbocycles. The first-order valence-corrected chi connectivity index (χ1v) is 12.5. The number of nitrogens with zero attached hydrogens (tertiary/aromatic N) is 1. The van der Waals surface area contributed by atoms with E-state index in [1.807, 2.05) is 48.1 Å². The Labute approximate surface area is 222 Å². The van der Waals surface area contributed by atoms with E-state index in [9.17, 15) is 14.4 Å². The summed E-state index contributed by atoms with van der Waals surface area (Å²) in [7, 11) is 3.51. The molecule has 8 nitrogen and oxygen atoms in total. The number of nitrogens with one attached hydrogen (secondary N) is 1. The van der Waals surface area contributed by atoms with Crippen LogP contribution in [-0.4, -0.2) is 28.4 Å². The first-order valence-electron chi connectivity index (χ1n) is 12.5. The van der Waals surface area contributed by atoms with Crippen LogP contribution in [0.15, 0.2) is 77.4 Å². The van der Waals surface area contributed by atoms with Crippen LogP contribution in [0.1, 0.15) is 39.4 Å². The third kappa shape index (κ3) is 3.56. The van der Waals surface area contributed by atoms with Crippen LogP contribution in [0, 0.1) is 0 Å². The second-order valence-corrected chi connectivity index (χ2v) is 9.74. The van der Waals surface area contributed by atoms with Crippen molar-refractivity contribution in [2.24, 2.45) is 7.05 Å². The van der Waals surface area contributed by atoms with Crippen molar-refractivity contribution in [1.82, 2.24) is 9.55 Å². The number of aromatic amines is 1. The highest BCUT2D eigenvalue weighted by molar-refractivity contribution is 6.15. The summed E-state index contributed by atoms with van der Waals surface area (Å²) >= 11 is 0. The zero-order valence-corrected chi connectivity index (χ0v) is 21.1. The number of carbonyl (C=O) groups is 2. The lowest BCUT2D eigenvalue weighted by atomic mass is 9.85. The van der Waals surface area contributed by atoms with Gasteiger partial charge < -0.3 is 23.8 Å². The Morgan fingerprint density at radius 3 is 2.72 bits per heavy atom. The number of allylic oxidation sites excluding steroid dienone is 1. The smallest absolute Gasteiger partial charge is 0.312 e. The number of benzene rings is 3. The number of fused-ring (bicyclic) bond motifs is 5. The fourth-order valence-electron chi connectivity index (χ4n) is 5.58. The highest BCUT2D eigenvalue weighted by Crippen LogP contribution is 2.48. The van der Waals surface area contributed by atoms with Crippen LogP contribution >= 0.6 is 0 Å². The number of H-pyrrole nitrogens is 1. The maximum Gasteiger partial charge on any atom is 0.312 e. The van der Waals surface area contributed by atoms with Gasteiger partial charge >= 0.3 is 5.97 Å². The molecule has 5 aromatic rings. The van der Waals surface area contributed by atoms with E-state index in [1.165, 1.54) is 0 Å². The zero-order valence-electron chi connectivity index (χ0n) is 21.1. The standard InChI is InChI=1S/C31H22N2O6/c1-33-15-17(19-5-3-4-6-24(19)33)12-26-29(35)20-9-10-25-28(30(20)39-26)21(14-27(34)38-25)22-11-16-7-8-18(37-2)13-23(16)32-31(22)36/h3-13,15,21H,14H2,1-2H3,(H,32,36)/b26-12-/t21-/m1/s1. The molecule has 7 rings (SSSR count). The summed E-state index contributed by atoms with van der Waals surface area (Å²) in [5.41, 5.74) is 3.43. The number of ether oxygens (including phenoxy) is 3. The lowest BCUT2D eigenvalue weighted by Crippen LogP contribution is -2.26. The number of rotatable bonds is 3. The van der Waals surface area contributed by atoms with Crippen LogP contribution in [0.3, 0.4) is 0 Å². The van der Waals surface area contributed by atoms with E-state index < -0.39 is 11.9 Å². The maximum atomic E-state index is 13.5. The van der Waals surface area contributed by atoms with Gasteiger partial charge in [-0.15, -0.1) is 0 Å². The van der Waals surface area contributed by atoms with Gasteiger partial charge in [0.1, 0.15) is 17.2 Å². The zero-order chi connectivity index (χ0) is 26.8. The van der Waals surface area contributed by atoms with Gasteiger partial charge in [-0.1, -0.05) is 18.2 Å². The summed E-state index contributed by atoms with van der Waals surface area (Å²) in [5.74, 6) is 0.00128. The summed E-state index contributed by atoms with van der Waals surface area (Å²) in [6.07, 6.45) is 3.62. The molecule has 39 heavy (non-hydrogen) atoms. The molecule has 2 aliphatic heterocycles. The van der Waals surface area contributed by atoms with Gasteiger partial charge in [-0.3, -0.25) is 14.4 Å². The monoisotopic (exact) mass is 518 g/mol. The molecule has 0 amide bonds. The van der Waals surface area contributed by atoms with E-state index >= 15 is 0 Å². The third-order valence-corrected chi connectivity index (χ3v) is 7.45. The molecule has 8 heteroatoms. The predicted molar refractivity (Wildman–Crippen MR) is 146 cm³/mol. The topological polar surface area (TPSA) is 99.6 Å². The van der Waals surface area contributed by atoms with E-state index in [0.717, 1.165) is 21.9 Å². The van der Waals surface area contributed by atoms with Crippen molar-refractivity contribution in [3.8, 4) is 17.2 Å². The number of hydrogen-bond donors (Lipinski definition) is 1. The first-order chi connectivity index (χ1) is 18.9. The number of hydrogen-bond acceptors (Lipinski definition) is 6. The Morgan fingerprint density at radius 2 is 1.87 bits per heavy atom. The van der Waals surface area contributed by atoms with Crippen molar-refractivity contribution in [2.45, 2.75) is 12.3 Å². The van der Waals surface area contributed by atoms with Crippen LogP contribution < -0.4 is 19.8 Å². The second-order valence-electron chi connectivity index (χ2n) is 9.74. The van der Waals surface area contributed by atoms with E-state index in [0.29, 0.717) is 33.7 Å². The summed E-state index contributed by atoms with van der Waals surface area (Å²) in [6, 6.07) is 18.3. The fourth-order valence-corrected chi connectivity index (χ4v) is 5.58. The first kappa shape index (κ1) is 23.0. The molecule has 1 N–H and O–H groups in total. The van der Waals surface area contributed by atoms with Gasteiger partial charge in [-0.2, -0.15) is 0 Å². The third-order valence-electron chi connectivity index (χ3n) is 7.45. The number of aryl methyl sites for hydroxylation is 1. The highest BCUT2D eigenvalue weighted by atomic mass is 16.5. The number of esters is 1. The molecule has 0 unspecified atom stereocenters. The molecule has 0 saturated carbocycles. The largest absolute Gasteiger partial charge is 0.497 e.